The van der Waals surface area contributed by atoms with Crippen molar-refractivity contribution in [2.45, 2.75) is 131 Å². The smallest absolute Gasteiger partial charge is 0.481 e. The predicted octanol–water partition coefficient (Wildman–Crippen LogP) is 13.0. The molecule has 11 heterocycles. The minimum absolute atomic E-state index is 0.00806. The number of aromatic nitrogens is 8. The second kappa shape index (κ2) is 53.2. The first-order valence-corrected chi connectivity index (χ1v) is 51.5. The summed E-state index contributed by atoms with van der Waals surface area (Å²) in [5.41, 5.74) is 11.3. The van der Waals surface area contributed by atoms with Gasteiger partial charge in [0.25, 0.3) is 23.6 Å². The summed E-state index contributed by atoms with van der Waals surface area (Å²) in [5.74, 6) is 4.43. The van der Waals surface area contributed by atoms with Crippen LogP contribution in [0.1, 0.15) is 142 Å². The van der Waals surface area contributed by atoms with Gasteiger partial charge in [0.15, 0.2) is 18.0 Å². The van der Waals surface area contributed by atoms with E-state index in [2.05, 4.69) is 66.6 Å². The van der Waals surface area contributed by atoms with Gasteiger partial charge in [0, 0.05) is 90.5 Å². The third kappa shape index (κ3) is 29.4. The molecule has 12 aromatic rings. The van der Waals surface area contributed by atoms with Crippen LogP contribution < -0.4 is 58.3 Å². The number of sulfonamides is 2. The molecule has 4 amide bonds. The number of amidine groups is 3. The number of halogens is 10. The molecular formula is C97H116Cl4F6N26O14S2. The SMILES string of the molecule is CCOC(OCC)C(=N)OC.CCOC(OCC)C1=NCCN(c2ccc(CNC(=O)c3c(CC)nc4ccc(Cl)cn34)cc2)N1.CCc1nc2ccc(Cl)cn2c1C(=O)NCc1ccc(N(N)CCN)cc1.CCc1nc2ccc(Cl)cn2c1C(=O)NCc1ccc(N2CCN(S(=O)(=O)C(F)(F)F)C(C=O)=N2)cc1.CCc1nc2ccc(Cl)cn2c1C(=O)NCc1ccc(N2CCN(S(=O)(=O)C(F)(F)F)C(CN(C)C)=N2)cc1. The largest absolute Gasteiger partial charge is 0.516 e. The van der Waals surface area contributed by atoms with Crippen molar-refractivity contribution < 1.29 is 90.8 Å². The van der Waals surface area contributed by atoms with E-state index in [1.165, 1.54) is 22.0 Å². The number of nitrogens with one attached hydrogen (secondary N) is 6. The fourth-order valence-corrected chi connectivity index (χ4v) is 17.8. The van der Waals surface area contributed by atoms with Crippen molar-refractivity contribution in [1.29, 1.82) is 5.41 Å². The quantitative estimate of drug-likeness (QED) is 0.00341. The third-order valence-corrected chi connectivity index (χ3v) is 26.5. The van der Waals surface area contributed by atoms with Crippen LogP contribution in [-0.4, -0.2) is 251 Å². The van der Waals surface area contributed by atoms with Crippen LogP contribution in [0, 0.1) is 5.41 Å². The van der Waals surface area contributed by atoms with E-state index in [1.54, 1.807) is 152 Å². The molecule has 3 aliphatic heterocycles. The van der Waals surface area contributed by atoms with Gasteiger partial charge in [-0.05, 0) is 187 Å². The van der Waals surface area contributed by atoms with E-state index in [0.717, 1.165) is 46.0 Å². The topological polar surface area (TPSA) is 465 Å². The minimum atomic E-state index is -5.74. The van der Waals surface area contributed by atoms with Crippen LogP contribution >= 0.6 is 46.4 Å². The van der Waals surface area contributed by atoms with Crippen LogP contribution in [0.3, 0.4) is 0 Å². The number of aliphatic imine (C=N–C) groups is 1. The number of imidazole rings is 4. The number of hydrogen-bond donors (Lipinski definition) is 8. The molecule has 8 aromatic heterocycles. The van der Waals surface area contributed by atoms with E-state index >= 15 is 0 Å². The number of anilines is 4. The number of hydrogen-bond acceptors (Lipinski definition) is 30. The first kappa shape index (κ1) is 116. The number of aldehydes is 1. The summed E-state index contributed by atoms with van der Waals surface area (Å²) in [6.45, 7) is 19.6. The van der Waals surface area contributed by atoms with Gasteiger partial charge in [0.2, 0.25) is 24.3 Å². The number of hydrazine groups is 2. The molecule has 0 bridgehead atoms. The molecule has 0 radical (unpaired) electrons. The molecule has 10 N–H and O–H groups in total. The number of ether oxygens (including phenoxy) is 5. The Hall–Kier alpha value is -13.4. The van der Waals surface area contributed by atoms with Crippen molar-refractivity contribution in [1.82, 2.24) is 77.7 Å². The van der Waals surface area contributed by atoms with Crippen LogP contribution in [0.5, 0.6) is 0 Å². The van der Waals surface area contributed by atoms with E-state index in [9.17, 15) is 67.2 Å². The summed E-state index contributed by atoms with van der Waals surface area (Å²) in [5, 5.41) is 35.2. The number of carbonyl (C=O) groups excluding carboxylic acids is 5. The number of alkyl halides is 6. The summed E-state index contributed by atoms with van der Waals surface area (Å²) in [7, 11) is -6.67. The lowest BCUT2D eigenvalue weighted by Gasteiger charge is -2.35. The van der Waals surface area contributed by atoms with Crippen LogP contribution in [-0.2, 0) is 100 Å². The average Bonchev–Trinajstić information content (AvgIpc) is 1.33. The van der Waals surface area contributed by atoms with E-state index in [1.807, 2.05) is 115 Å². The average molecular weight is 2190 g/mol. The minimum Gasteiger partial charge on any atom is -0.481 e. The number of carbonyl (C=O) groups is 5. The first-order valence-electron chi connectivity index (χ1n) is 47.1. The second-order valence-corrected chi connectivity index (χ2v) is 38.4. The Morgan fingerprint density at radius 2 is 0.819 bits per heavy atom. The summed E-state index contributed by atoms with van der Waals surface area (Å²) in [4.78, 5) is 87.1. The zero-order valence-electron chi connectivity index (χ0n) is 83.3. The van der Waals surface area contributed by atoms with E-state index < -0.39 is 62.6 Å². The number of rotatable bonds is 37. The molecule has 800 valence electrons. The lowest BCUT2D eigenvalue weighted by atomic mass is 10.2. The highest BCUT2D eigenvalue weighted by molar-refractivity contribution is 7.90. The number of amides is 4. The number of pyridine rings is 4. The molecule has 0 spiro atoms. The Bertz CT molecular complexity index is 7000. The lowest BCUT2D eigenvalue weighted by molar-refractivity contribution is -0.103. The van der Waals surface area contributed by atoms with Crippen molar-refractivity contribution in [2.24, 2.45) is 26.8 Å². The van der Waals surface area contributed by atoms with Gasteiger partial charge in [0.1, 0.15) is 45.4 Å². The maximum atomic E-state index is 13.2. The fraction of sp³-hybridized carbons (Fsp3) is 0.371. The molecular weight excluding hydrogens is 2070 g/mol. The van der Waals surface area contributed by atoms with E-state index in [0.29, 0.717) is 189 Å². The Balaban J connectivity index is 0.000000183. The highest BCUT2D eigenvalue weighted by atomic mass is 35.5. The second-order valence-electron chi connectivity index (χ2n) is 32.9. The predicted molar refractivity (Wildman–Crippen MR) is 558 cm³/mol. The van der Waals surface area contributed by atoms with Crippen molar-refractivity contribution in [3.8, 4) is 0 Å². The maximum Gasteiger partial charge on any atom is 0.516 e. The summed E-state index contributed by atoms with van der Waals surface area (Å²) in [6, 6.07) is 43.1. The number of methoxy groups -OCH3 is 1. The van der Waals surface area contributed by atoms with Gasteiger partial charge in [-0.25, -0.2) is 34.4 Å². The highest BCUT2D eigenvalue weighted by Crippen LogP contribution is 2.34. The molecule has 3 aliphatic rings. The Morgan fingerprint density at radius 3 is 1.14 bits per heavy atom. The Kier molecular flexibility index (Phi) is 41.4. The summed E-state index contributed by atoms with van der Waals surface area (Å²) < 4.78 is 159. The molecule has 15 rings (SSSR count). The van der Waals surface area contributed by atoms with Gasteiger partial charge in [-0.2, -0.15) is 53.4 Å². The zero-order chi connectivity index (χ0) is 108. The van der Waals surface area contributed by atoms with E-state index in [-0.39, 0.29) is 78.7 Å². The molecule has 149 heavy (non-hydrogen) atoms. The number of fused-ring (bicyclic) bond motifs is 4. The first-order chi connectivity index (χ1) is 71.1. The Labute approximate surface area is 876 Å². The van der Waals surface area contributed by atoms with Crippen LogP contribution in [0.25, 0.3) is 22.6 Å². The number of benzene rings is 4. The monoisotopic (exact) mass is 2190 g/mol. The fourth-order valence-electron chi connectivity index (χ4n) is 15.3. The molecule has 52 heteroatoms. The third-order valence-electron chi connectivity index (χ3n) is 22.5. The highest BCUT2D eigenvalue weighted by Gasteiger charge is 2.53. The molecule has 0 atom stereocenters. The normalized spacial score (nSPS) is 13.4. The molecule has 4 aromatic carbocycles. The van der Waals surface area contributed by atoms with Gasteiger partial charge in [0.05, 0.1) is 119 Å². The number of aryl methyl sites for hydroxylation is 4. The van der Waals surface area contributed by atoms with Crippen LogP contribution in [0.15, 0.2) is 186 Å². The maximum absolute atomic E-state index is 13.2. The standard InChI is InChI=1S/C25H31ClN6O3.C24H27ClF3N7O3S.C22H20ClF3N6O4S.C19H23ClN6O.C7H15NO3/c1-4-20-22(31-16-18(26)9-12-21(31)29-20)24(33)28-15-17-7-10-19(11-8-17)32-14-13-27-23(30-32)25(34-5-2)35-6-3;1-4-19-22(33-14-17(25)7-10-20(33)30-19)23(36)29-13-16-5-8-18(9-6-16)34-11-12-35(21(31-34)15-32(2)3)39(37,38)24(26,27)28;1-2-17-20(30-12-15(23)5-8-18(30)28-17)21(34)27-11-14-3-6-16(7-4-14)31-9-10-32(19(13-33)29-31)37(35,36)22(24,25)26;1-2-16-18(25-12-14(20)5-8-17(25)24-16)19(27)23-11-13-3-6-15(7-4-13)26(22)10-9-21;1-4-10-7(11-5-2)6(8)9-3/h7-12,16,25H,4-6,13-15H2,1-3H3,(H,27,30)(H,28,33);5-10,14H,4,11-13,15H2,1-3H3,(H,29,36);3-8,12-13H,2,9-11H2,1H3,(H,27,34);3-8,12H,2,9-11,21-22H2,1H3,(H,23,27);7-8H,4-5H2,1-3H3. The molecule has 40 nitrogen and oxygen atoms in total. The van der Waals surface area contributed by atoms with Gasteiger partial charge in [-0.1, -0.05) is 123 Å². The molecule has 0 unspecified atom stereocenters. The number of nitrogens with two attached hydrogens (primary N) is 2. The van der Waals surface area contributed by atoms with Crippen LogP contribution in [0.4, 0.5) is 49.1 Å². The molecule has 0 aliphatic carbocycles. The van der Waals surface area contributed by atoms with Gasteiger partial charge >= 0.3 is 31.1 Å². The van der Waals surface area contributed by atoms with Gasteiger partial charge < -0.3 is 60.6 Å². The van der Waals surface area contributed by atoms with Crippen molar-refractivity contribution in [3.05, 3.63) is 258 Å². The Morgan fingerprint density at radius 1 is 0.483 bits per heavy atom. The number of nitrogens with zero attached hydrogens (tertiary/aromatic N) is 18. The number of likely N-dealkylation sites (N-methyl/N-ethyl adjacent to an activating group) is 1. The zero-order valence-corrected chi connectivity index (χ0v) is 87.9. The van der Waals surface area contributed by atoms with Crippen molar-refractivity contribution in [3.63, 3.8) is 0 Å². The van der Waals surface area contributed by atoms with Gasteiger partial charge in [-0.15, -0.1) is 0 Å². The van der Waals surface area contributed by atoms with E-state index in [4.69, 9.17) is 82.3 Å². The lowest BCUT2D eigenvalue weighted by Crippen LogP contribution is -2.53. The number of hydrazone groups is 2. The van der Waals surface area contributed by atoms with Gasteiger partial charge in [-0.3, -0.25) is 72.4 Å². The molecule has 0 fully saturated rings. The molecule has 0 saturated carbocycles. The van der Waals surface area contributed by atoms with Crippen molar-refractivity contribution >= 4 is 165 Å². The van der Waals surface area contributed by atoms with Crippen LogP contribution in [0.2, 0.25) is 20.1 Å². The molecule has 0 saturated heterocycles. The summed E-state index contributed by atoms with van der Waals surface area (Å²) >= 11 is 24.4. The summed E-state index contributed by atoms with van der Waals surface area (Å²) in [6.07, 6.45) is 7.89. The van der Waals surface area contributed by atoms with Crippen molar-refractivity contribution in [2.75, 3.05) is 127 Å².